The highest BCUT2D eigenvalue weighted by atomic mass is 32.1. The lowest BCUT2D eigenvalue weighted by atomic mass is 10.0. The summed E-state index contributed by atoms with van der Waals surface area (Å²) in [6.07, 6.45) is 1.65. The van der Waals surface area contributed by atoms with Gasteiger partial charge in [0.15, 0.2) is 6.61 Å². The van der Waals surface area contributed by atoms with Crippen molar-refractivity contribution in [2.75, 3.05) is 6.61 Å². The number of benzene rings is 2. The fourth-order valence-electron chi connectivity index (χ4n) is 3.03. The molecule has 3 rings (SSSR count). The number of para-hydroxylation sites is 1. The molecule has 5 nitrogen and oxygen atoms in total. The van der Waals surface area contributed by atoms with Crippen molar-refractivity contribution in [2.24, 2.45) is 0 Å². The Morgan fingerprint density at radius 2 is 1.93 bits per heavy atom. The van der Waals surface area contributed by atoms with E-state index in [9.17, 15) is 9.59 Å². The summed E-state index contributed by atoms with van der Waals surface area (Å²) in [4.78, 5) is 28.6. The van der Waals surface area contributed by atoms with E-state index >= 15 is 0 Å². The first-order valence-corrected chi connectivity index (χ1v) is 10.6. The van der Waals surface area contributed by atoms with E-state index < -0.39 is 0 Å². The van der Waals surface area contributed by atoms with Crippen molar-refractivity contribution in [3.63, 3.8) is 0 Å². The number of rotatable bonds is 8. The Labute approximate surface area is 175 Å². The molecule has 2 aromatic carbocycles. The number of ether oxygens (including phenoxy) is 1. The zero-order valence-electron chi connectivity index (χ0n) is 17.0. The molecule has 3 aromatic rings. The molecule has 1 heterocycles. The molecule has 0 spiro atoms. The number of fused-ring (bicyclic) bond motifs is 1. The maximum Gasteiger partial charge on any atom is 0.306 e. The summed E-state index contributed by atoms with van der Waals surface area (Å²) >= 11 is 1.65. The van der Waals surface area contributed by atoms with Crippen LogP contribution in [0.4, 0.5) is 0 Å². The molecule has 0 aliphatic rings. The average Bonchev–Trinajstić information content (AvgIpc) is 3.11. The van der Waals surface area contributed by atoms with E-state index in [1.807, 2.05) is 50.2 Å². The molecule has 1 amide bonds. The van der Waals surface area contributed by atoms with Crippen molar-refractivity contribution >= 4 is 33.4 Å². The van der Waals surface area contributed by atoms with E-state index in [2.05, 4.69) is 23.3 Å². The smallest absolute Gasteiger partial charge is 0.306 e. The van der Waals surface area contributed by atoms with Crippen molar-refractivity contribution in [1.82, 2.24) is 10.3 Å². The summed E-state index contributed by atoms with van der Waals surface area (Å²) in [6.45, 7) is 5.76. The van der Waals surface area contributed by atoms with Crippen LogP contribution in [0.15, 0.2) is 42.5 Å². The first-order valence-electron chi connectivity index (χ1n) is 9.79. The van der Waals surface area contributed by atoms with Crippen LogP contribution in [0.1, 0.15) is 47.5 Å². The van der Waals surface area contributed by atoms with Gasteiger partial charge in [-0.3, -0.25) is 9.59 Å². The topological polar surface area (TPSA) is 68.3 Å². The second-order valence-electron chi connectivity index (χ2n) is 7.22. The van der Waals surface area contributed by atoms with Crippen molar-refractivity contribution in [3.05, 3.63) is 64.2 Å². The van der Waals surface area contributed by atoms with E-state index in [1.54, 1.807) is 11.3 Å². The van der Waals surface area contributed by atoms with Crippen molar-refractivity contribution < 1.29 is 14.3 Å². The third-order valence-electron chi connectivity index (χ3n) is 4.88. The Bertz CT molecular complexity index is 979. The molecule has 1 atom stereocenters. The Morgan fingerprint density at radius 1 is 1.14 bits per heavy atom. The van der Waals surface area contributed by atoms with Crippen LogP contribution in [0, 0.1) is 13.8 Å². The number of carbonyl (C=O) groups is 2. The second-order valence-corrected chi connectivity index (χ2v) is 8.34. The zero-order valence-corrected chi connectivity index (χ0v) is 17.8. The standard InChI is InChI=1S/C23H26N2O3S/c1-15-11-12-18(13-16(15)2)17(3)24-21(26)14-28-23(27)10-6-9-22-25-19-7-4-5-8-20(19)29-22/h4-5,7-8,11-13,17H,6,9-10,14H2,1-3H3,(H,24,26)/t17-/m0/s1. The van der Waals surface area contributed by atoms with Crippen LogP contribution in [0.25, 0.3) is 10.2 Å². The highest BCUT2D eigenvalue weighted by Gasteiger charge is 2.13. The van der Waals surface area contributed by atoms with Gasteiger partial charge < -0.3 is 10.1 Å². The SMILES string of the molecule is Cc1ccc([C@H](C)NC(=O)COC(=O)CCCc2nc3ccccc3s2)cc1C. The van der Waals surface area contributed by atoms with Gasteiger partial charge in [-0.2, -0.15) is 0 Å². The van der Waals surface area contributed by atoms with Crippen LogP contribution in [0.2, 0.25) is 0 Å². The zero-order chi connectivity index (χ0) is 20.8. The fourth-order valence-corrected chi connectivity index (χ4v) is 4.04. The molecule has 0 radical (unpaired) electrons. The first-order chi connectivity index (χ1) is 13.9. The van der Waals surface area contributed by atoms with Gasteiger partial charge in [0.1, 0.15) is 0 Å². The van der Waals surface area contributed by atoms with Gasteiger partial charge in [-0.25, -0.2) is 4.98 Å². The van der Waals surface area contributed by atoms with E-state index in [1.165, 1.54) is 11.1 Å². The molecule has 0 saturated heterocycles. The minimum absolute atomic E-state index is 0.139. The van der Waals surface area contributed by atoms with E-state index in [4.69, 9.17) is 4.74 Å². The Hall–Kier alpha value is -2.73. The largest absolute Gasteiger partial charge is 0.456 e. The molecule has 0 aliphatic heterocycles. The lowest BCUT2D eigenvalue weighted by Gasteiger charge is -2.15. The maximum absolute atomic E-state index is 12.1. The summed E-state index contributed by atoms with van der Waals surface area (Å²) in [6, 6.07) is 14.0. The first kappa shape index (κ1) is 21.0. The fraction of sp³-hybridized carbons (Fsp3) is 0.348. The number of thiazole rings is 1. The predicted octanol–water partition coefficient (Wildman–Crippen LogP) is 4.66. The second kappa shape index (κ2) is 9.65. The van der Waals surface area contributed by atoms with Crippen LogP contribution in [0.5, 0.6) is 0 Å². The van der Waals surface area contributed by atoms with Gasteiger partial charge in [-0.05, 0) is 62.4 Å². The molecule has 6 heteroatoms. The average molecular weight is 411 g/mol. The molecule has 0 fully saturated rings. The summed E-state index contributed by atoms with van der Waals surface area (Å²) in [7, 11) is 0. The number of amides is 1. The lowest BCUT2D eigenvalue weighted by Crippen LogP contribution is -2.31. The summed E-state index contributed by atoms with van der Waals surface area (Å²) in [5.74, 6) is -0.657. The van der Waals surface area contributed by atoms with E-state index in [-0.39, 0.29) is 30.9 Å². The molecule has 1 aromatic heterocycles. The number of hydrogen-bond acceptors (Lipinski definition) is 5. The molecular weight excluding hydrogens is 384 g/mol. The van der Waals surface area contributed by atoms with Crippen LogP contribution in [-0.4, -0.2) is 23.5 Å². The minimum Gasteiger partial charge on any atom is -0.456 e. The van der Waals surface area contributed by atoms with Crippen LogP contribution < -0.4 is 5.32 Å². The van der Waals surface area contributed by atoms with Crippen LogP contribution >= 0.6 is 11.3 Å². The molecule has 1 N–H and O–H groups in total. The number of hydrogen-bond donors (Lipinski definition) is 1. The van der Waals surface area contributed by atoms with Crippen molar-refractivity contribution in [3.8, 4) is 0 Å². The highest BCUT2D eigenvalue weighted by Crippen LogP contribution is 2.22. The van der Waals surface area contributed by atoms with Crippen molar-refractivity contribution in [1.29, 1.82) is 0 Å². The molecule has 152 valence electrons. The van der Waals surface area contributed by atoms with Crippen LogP contribution in [0.3, 0.4) is 0 Å². The van der Waals surface area contributed by atoms with Gasteiger partial charge in [0.05, 0.1) is 21.3 Å². The quantitative estimate of drug-likeness (QED) is 0.549. The lowest BCUT2D eigenvalue weighted by molar-refractivity contribution is -0.148. The van der Waals surface area contributed by atoms with Gasteiger partial charge >= 0.3 is 5.97 Å². The monoisotopic (exact) mass is 410 g/mol. The third kappa shape index (κ3) is 5.87. The summed E-state index contributed by atoms with van der Waals surface area (Å²) in [5, 5.41) is 3.88. The number of nitrogens with one attached hydrogen (secondary N) is 1. The summed E-state index contributed by atoms with van der Waals surface area (Å²) < 4.78 is 6.26. The van der Waals surface area contributed by atoms with Gasteiger partial charge in [-0.1, -0.05) is 30.3 Å². The van der Waals surface area contributed by atoms with Gasteiger partial charge in [0.2, 0.25) is 0 Å². The molecule has 29 heavy (non-hydrogen) atoms. The van der Waals surface area contributed by atoms with Crippen LogP contribution in [-0.2, 0) is 20.7 Å². The molecule has 0 bridgehead atoms. The Kier molecular flexibility index (Phi) is 6.99. The van der Waals surface area contributed by atoms with Gasteiger partial charge in [-0.15, -0.1) is 11.3 Å². The van der Waals surface area contributed by atoms with Gasteiger partial charge in [0, 0.05) is 6.42 Å². The predicted molar refractivity (Wildman–Crippen MR) is 116 cm³/mol. The minimum atomic E-state index is -0.361. The Balaban J connectivity index is 1.38. The number of esters is 1. The van der Waals surface area contributed by atoms with Crippen molar-refractivity contribution in [2.45, 2.75) is 46.1 Å². The van der Waals surface area contributed by atoms with Gasteiger partial charge in [0.25, 0.3) is 5.91 Å². The molecule has 0 saturated carbocycles. The molecule has 0 unspecified atom stereocenters. The molecule has 0 aliphatic carbocycles. The summed E-state index contributed by atoms with van der Waals surface area (Å²) in [5.41, 5.74) is 4.42. The maximum atomic E-state index is 12.1. The molecular formula is C23H26N2O3S. The van der Waals surface area contributed by atoms with E-state index in [0.29, 0.717) is 6.42 Å². The third-order valence-corrected chi connectivity index (χ3v) is 5.98. The number of carbonyl (C=O) groups excluding carboxylic acids is 2. The number of nitrogens with zero attached hydrogens (tertiary/aromatic N) is 1. The van der Waals surface area contributed by atoms with E-state index in [0.717, 1.165) is 27.2 Å². The Morgan fingerprint density at radius 3 is 2.69 bits per heavy atom. The number of aryl methyl sites for hydroxylation is 3. The normalized spacial score (nSPS) is 12.0. The highest BCUT2D eigenvalue weighted by molar-refractivity contribution is 7.18. The number of aromatic nitrogens is 1.